The molecule has 0 aliphatic carbocycles. The van der Waals surface area contributed by atoms with E-state index in [2.05, 4.69) is 5.32 Å². The van der Waals surface area contributed by atoms with Gasteiger partial charge in [-0.15, -0.1) is 0 Å². The Balaban J connectivity index is 2.28. The quantitative estimate of drug-likeness (QED) is 0.785. The minimum Gasteiger partial charge on any atom is -0.478 e. The highest BCUT2D eigenvalue weighted by atomic mass is 127. The molecule has 0 aliphatic heterocycles. The van der Waals surface area contributed by atoms with Crippen molar-refractivity contribution >= 4 is 51.8 Å². The Kier molecular flexibility index (Phi) is 4.11. The van der Waals surface area contributed by atoms with Crippen molar-refractivity contribution in [3.05, 3.63) is 50.4 Å². The summed E-state index contributed by atoms with van der Waals surface area (Å²) in [6.45, 7) is 0. The molecule has 0 bridgehead atoms. The van der Waals surface area contributed by atoms with Crippen molar-refractivity contribution < 1.29 is 19.1 Å². The zero-order chi connectivity index (χ0) is 14.0. The summed E-state index contributed by atoms with van der Waals surface area (Å²) in [6.07, 6.45) is 0. The number of hydrogen-bond acceptors (Lipinski definition) is 3. The first-order valence-corrected chi connectivity index (χ1v) is 6.52. The van der Waals surface area contributed by atoms with Crippen LogP contribution < -0.4 is 5.32 Å². The summed E-state index contributed by atoms with van der Waals surface area (Å²) in [5.74, 6) is -1.67. The number of carboxylic acids is 1. The number of nitrogens with one attached hydrogen (secondary N) is 1. The lowest BCUT2D eigenvalue weighted by Crippen LogP contribution is -2.14. The van der Waals surface area contributed by atoms with Crippen LogP contribution in [0.1, 0.15) is 20.9 Å². The lowest BCUT2D eigenvalue weighted by atomic mass is 10.2. The summed E-state index contributed by atoms with van der Waals surface area (Å²) < 4.78 is 5.70. The molecular formula is C12H7ClINO4. The molecule has 0 unspecified atom stereocenters. The Hall–Kier alpha value is -1.54. The van der Waals surface area contributed by atoms with Crippen molar-refractivity contribution in [3.63, 3.8) is 0 Å². The molecule has 7 heteroatoms. The van der Waals surface area contributed by atoms with Gasteiger partial charge in [0.05, 0.1) is 11.3 Å². The largest absolute Gasteiger partial charge is 0.478 e. The van der Waals surface area contributed by atoms with E-state index < -0.39 is 11.9 Å². The molecule has 1 heterocycles. The summed E-state index contributed by atoms with van der Waals surface area (Å²) in [7, 11) is 0. The minimum absolute atomic E-state index is 0.0119. The topological polar surface area (TPSA) is 79.5 Å². The smallest absolute Gasteiger partial charge is 0.337 e. The van der Waals surface area contributed by atoms with Crippen LogP contribution in [-0.4, -0.2) is 17.0 Å². The van der Waals surface area contributed by atoms with Crippen molar-refractivity contribution in [3.8, 4) is 0 Å². The lowest BCUT2D eigenvalue weighted by molar-refractivity contribution is 0.0698. The number of carbonyl (C=O) groups is 2. The molecule has 0 spiro atoms. The molecule has 0 radical (unpaired) electrons. The summed E-state index contributed by atoms with van der Waals surface area (Å²) in [4.78, 5) is 22.9. The average molecular weight is 392 g/mol. The average Bonchev–Trinajstić information content (AvgIpc) is 2.78. The van der Waals surface area contributed by atoms with E-state index in [1.165, 1.54) is 24.3 Å². The third-order valence-corrected chi connectivity index (χ3v) is 3.13. The summed E-state index contributed by atoms with van der Waals surface area (Å²) in [5.41, 5.74) is 0.211. The fourth-order valence-corrected chi connectivity index (χ4v) is 2.06. The van der Waals surface area contributed by atoms with Gasteiger partial charge in [0.2, 0.25) is 0 Å². The second-order valence-electron chi connectivity index (χ2n) is 3.55. The molecule has 98 valence electrons. The van der Waals surface area contributed by atoms with Gasteiger partial charge < -0.3 is 14.8 Å². The van der Waals surface area contributed by atoms with Crippen molar-refractivity contribution in [2.75, 3.05) is 5.32 Å². The van der Waals surface area contributed by atoms with Gasteiger partial charge >= 0.3 is 5.97 Å². The third-order valence-electron chi connectivity index (χ3n) is 2.26. The zero-order valence-electron chi connectivity index (χ0n) is 9.31. The van der Waals surface area contributed by atoms with Gasteiger partial charge in [-0.2, -0.15) is 0 Å². The molecule has 0 saturated heterocycles. The fraction of sp³-hybridized carbons (Fsp3) is 0. The standard InChI is InChI=1S/C12H7ClINO4/c13-10-4-3-9(19-10)11(16)15-8-2-1-6(14)5-7(8)12(17)18/h1-5H,(H,15,16)(H,17,18). The molecule has 5 nitrogen and oxygen atoms in total. The maximum absolute atomic E-state index is 11.8. The van der Waals surface area contributed by atoms with Crippen LogP contribution in [-0.2, 0) is 0 Å². The van der Waals surface area contributed by atoms with Crippen molar-refractivity contribution in [2.24, 2.45) is 0 Å². The van der Waals surface area contributed by atoms with Gasteiger partial charge in [0.15, 0.2) is 11.0 Å². The maximum Gasteiger partial charge on any atom is 0.337 e. The number of benzene rings is 1. The predicted molar refractivity (Wildman–Crippen MR) is 77.8 cm³/mol. The second kappa shape index (κ2) is 5.62. The summed E-state index contributed by atoms with van der Waals surface area (Å²) in [6, 6.07) is 7.52. The Bertz CT molecular complexity index is 653. The Morgan fingerprint density at radius 3 is 2.58 bits per heavy atom. The molecule has 19 heavy (non-hydrogen) atoms. The van der Waals surface area contributed by atoms with Gasteiger partial charge in [0, 0.05) is 3.57 Å². The zero-order valence-corrected chi connectivity index (χ0v) is 12.2. The molecular weight excluding hydrogens is 384 g/mol. The van der Waals surface area contributed by atoms with Gasteiger partial charge in [-0.3, -0.25) is 4.79 Å². The first-order valence-electron chi connectivity index (χ1n) is 5.07. The summed E-state index contributed by atoms with van der Waals surface area (Å²) in [5, 5.41) is 11.6. The maximum atomic E-state index is 11.8. The van der Waals surface area contributed by atoms with Gasteiger partial charge in [-0.1, -0.05) is 0 Å². The molecule has 0 atom stereocenters. The molecule has 0 saturated carbocycles. The van der Waals surface area contributed by atoms with Crippen molar-refractivity contribution in [1.82, 2.24) is 0 Å². The van der Waals surface area contributed by atoms with E-state index in [0.29, 0.717) is 0 Å². The predicted octanol–water partition coefficient (Wildman–Crippen LogP) is 3.49. The fourth-order valence-electron chi connectivity index (χ4n) is 1.42. The van der Waals surface area contributed by atoms with Crippen LogP contribution in [0.15, 0.2) is 34.7 Å². The molecule has 1 aromatic carbocycles. The molecule has 2 N–H and O–H groups in total. The van der Waals surface area contributed by atoms with Crippen LogP contribution in [0, 0.1) is 3.57 Å². The van der Waals surface area contributed by atoms with Crippen LogP contribution in [0.3, 0.4) is 0 Å². The highest BCUT2D eigenvalue weighted by molar-refractivity contribution is 14.1. The van der Waals surface area contributed by atoms with E-state index in [4.69, 9.17) is 21.1 Å². The monoisotopic (exact) mass is 391 g/mol. The molecule has 0 fully saturated rings. The Morgan fingerprint density at radius 2 is 2.00 bits per heavy atom. The minimum atomic E-state index is -1.12. The van der Waals surface area contributed by atoms with Gasteiger partial charge in [0.1, 0.15) is 0 Å². The molecule has 1 aromatic heterocycles. The third kappa shape index (κ3) is 3.27. The van der Waals surface area contributed by atoms with Crippen LogP contribution in [0.4, 0.5) is 5.69 Å². The van der Waals surface area contributed by atoms with Crippen LogP contribution in [0.2, 0.25) is 5.22 Å². The van der Waals surface area contributed by atoms with Gasteiger partial charge in [-0.05, 0) is 64.5 Å². The number of furan rings is 1. The Labute approximate surface area is 126 Å². The number of aromatic carboxylic acids is 1. The first kappa shape index (κ1) is 13.9. The van der Waals surface area contributed by atoms with E-state index >= 15 is 0 Å². The van der Waals surface area contributed by atoms with Gasteiger partial charge in [0.25, 0.3) is 5.91 Å². The van der Waals surface area contributed by atoms with Crippen molar-refractivity contribution in [1.29, 1.82) is 0 Å². The van der Waals surface area contributed by atoms with E-state index in [1.54, 1.807) is 6.07 Å². The highest BCUT2D eigenvalue weighted by Crippen LogP contribution is 2.21. The normalized spacial score (nSPS) is 10.2. The summed E-state index contributed by atoms with van der Waals surface area (Å²) >= 11 is 7.56. The van der Waals surface area contributed by atoms with E-state index in [0.717, 1.165) is 3.57 Å². The molecule has 0 aliphatic rings. The first-order chi connectivity index (χ1) is 8.97. The molecule has 2 aromatic rings. The van der Waals surface area contributed by atoms with Crippen LogP contribution in [0.25, 0.3) is 0 Å². The SMILES string of the molecule is O=C(Nc1ccc(I)cc1C(=O)O)c1ccc(Cl)o1. The number of carboxylic acid groups (broad SMARTS) is 1. The van der Waals surface area contributed by atoms with Crippen molar-refractivity contribution in [2.45, 2.75) is 0 Å². The van der Waals surface area contributed by atoms with Crippen LogP contribution in [0.5, 0.6) is 0 Å². The number of hydrogen-bond donors (Lipinski definition) is 2. The Morgan fingerprint density at radius 1 is 1.26 bits per heavy atom. The lowest BCUT2D eigenvalue weighted by Gasteiger charge is -2.07. The number of amides is 1. The van der Waals surface area contributed by atoms with E-state index in [-0.39, 0.29) is 22.2 Å². The highest BCUT2D eigenvalue weighted by Gasteiger charge is 2.16. The number of halogens is 2. The number of rotatable bonds is 3. The van der Waals surface area contributed by atoms with E-state index in [1.807, 2.05) is 22.6 Å². The molecule has 1 amide bonds. The number of anilines is 1. The second-order valence-corrected chi connectivity index (χ2v) is 5.17. The van der Waals surface area contributed by atoms with E-state index in [9.17, 15) is 9.59 Å². The van der Waals surface area contributed by atoms with Crippen LogP contribution >= 0.6 is 34.2 Å². The number of carbonyl (C=O) groups excluding carboxylic acids is 1. The molecule has 2 rings (SSSR count). The van der Waals surface area contributed by atoms with Gasteiger partial charge in [-0.25, -0.2) is 4.79 Å².